The van der Waals surface area contributed by atoms with E-state index in [1.165, 1.54) is 0 Å². The standard InChI is InChI=1S/C17H18N2O2/c1-13-15(17(20)19-9-11-21-12-10-19)7-8-16(18-13)14-5-3-2-4-6-14/h2-8H,9-12H2,1H3. The zero-order chi connectivity index (χ0) is 14.7. The van der Waals surface area contributed by atoms with Gasteiger partial charge in [0.25, 0.3) is 5.91 Å². The van der Waals surface area contributed by atoms with Crippen LogP contribution in [0.1, 0.15) is 16.1 Å². The van der Waals surface area contributed by atoms with Crippen LogP contribution in [-0.4, -0.2) is 42.1 Å². The molecule has 1 amide bonds. The smallest absolute Gasteiger partial charge is 0.255 e. The summed E-state index contributed by atoms with van der Waals surface area (Å²) in [6.45, 7) is 4.41. The molecule has 1 aromatic carbocycles. The van der Waals surface area contributed by atoms with Crippen LogP contribution in [0.2, 0.25) is 0 Å². The second-order valence-corrected chi connectivity index (χ2v) is 5.10. The highest BCUT2D eigenvalue weighted by Gasteiger charge is 2.20. The first-order chi connectivity index (χ1) is 10.3. The zero-order valence-corrected chi connectivity index (χ0v) is 12.1. The lowest BCUT2D eigenvalue weighted by Gasteiger charge is -2.27. The molecule has 0 aliphatic carbocycles. The average Bonchev–Trinajstić information content (AvgIpc) is 2.56. The first kappa shape index (κ1) is 13.8. The molecule has 1 aliphatic rings. The van der Waals surface area contributed by atoms with Crippen molar-refractivity contribution >= 4 is 5.91 Å². The summed E-state index contributed by atoms with van der Waals surface area (Å²) in [5.41, 5.74) is 3.40. The molecule has 1 aromatic heterocycles. The number of benzene rings is 1. The molecule has 0 radical (unpaired) electrons. The molecular formula is C17H18N2O2. The molecule has 108 valence electrons. The second kappa shape index (κ2) is 6.06. The van der Waals surface area contributed by atoms with Gasteiger partial charge in [0.2, 0.25) is 0 Å². The van der Waals surface area contributed by atoms with Crippen molar-refractivity contribution in [2.45, 2.75) is 6.92 Å². The van der Waals surface area contributed by atoms with Gasteiger partial charge in [-0.1, -0.05) is 30.3 Å². The Kier molecular flexibility index (Phi) is 3.97. The van der Waals surface area contributed by atoms with Crippen molar-refractivity contribution in [2.75, 3.05) is 26.3 Å². The fourth-order valence-corrected chi connectivity index (χ4v) is 2.49. The summed E-state index contributed by atoms with van der Waals surface area (Å²) in [6.07, 6.45) is 0. The number of carbonyl (C=O) groups is 1. The molecule has 1 aliphatic heterocycles. The molecule has 0 unspecified atom stereocenters. The van der Waals surface area contributed by atoms with Crippen LogP contribution >= 0.6 is 0 Å². The van der Waals surface area contributed by atoms with E-state index in [2.05, 4.69) is 4.98 Å². The maximum Gasteiger partial charge on any atom is 0.255 e. The molecule has 4 heteroatoms. The van der Waals surface area contributed by atoms with Gasteiger partial charge in [-0.2, -0.15) is 0 Å². The molecule has 4 nitrogen and oxygen atoms in total. The van der Waals surface area contributed by atoms with E-state index in [0.717, 1.165) is 17.0 Å². The van der Waals surface area contributed by atoms with Crippen molar-refractivity contribution in [3.63, 3.8) is 0 Å². The Bertz CT molecular complexity index is 634. The van der Waals surface area contributed by atoms with Gasteiger partial charge in [0.05, 0.1) is 30.2 Å². The maximum absolute atomic E-state index is 12.5. The largest absolute Gasteiger partial charge is 0.378 e. The van der Waals surface area contributed by atoms with Crippen LogP contribution in [0.3, 0.4) is 0 Å². The van der Waals surface area contributed by atoms with Crippen molar-refractivity contribution in [3.05, 3.63) is 53.7 Å². The van der Waals surface area contributed by atoms with Crippen molar-refractivity contribution in [2.24, 2.45) is 0 Å². The number of aromatic nitrogens is 1. The van der Waals surface area contributed by atoms with E-state index in [4.69, 9.17) is 4.74 Å². The first-order valence-corrected chi connectivity index (χ1v) is 7.16. The Morgan fingerprint density at radius 3 is 2.48 bits per heavy atom. The van der Waals surface area contributed by atoms with E-state index in [1.807, 2.05) is 54.3 Å². The molecule has 2 heterocycles. The summed E-state index contributed by atoms with van der Waals surface area (Å²) >= 11 is 0. The van der Waals surface area contributed by atoms with Gasteiger partial charge in [-0.3, -0.25) is 9.78 Å². The molecule has 2 aromatic rings. The number of aryl methyl sites for hydroxylation is 1. The predicted molar refractivity (Wildman–Crippen MR) is 81.1 cm³/mol. The van der Waals surface area contributed by atoms with Crippen LogP contribution in [0.5, 0.6) is 0 Å². The lowest BCUT2D eigenvalue weighted by Crippen LogP contribution is -2.41. The molecule has 21 heavy (non-hydrogen) atoms. The van der Waals surface area contributed by atoms with Crippen LogP contribution in [0.4, 0.5) is 0 Å². The number of rotatable bonds is 2. The Morgan fingerprint density at radius 1 is 1.10 bits per heavy atom. The Labute approximate surface area is 124 Å². The fraction of sp³-hybridized carbons (Fsp3) is 0.294. The van der Waals surface area contributed by atoms with Gasteiger partial charge in [-0.05, 0) is 19.1 Å². The van der Waals surface area contributed by atoms with E-state index in [1.54, 1.807) is 0 Å². The third-order valence-corrected chi connectivity index (χ3v) is 3.68. The zero-order valence-electron chi connectivity index (χ0n) is 12.1. The number of pyridine rings is 1. The number of hydrogen-bond donors (Lipinski definition) is 0. The Balaban J connectivity index is 1.86. The number of ether oxygens (including phenoxy) is 1. The minimum absolute atomic E-state index is 0.0444. The number of nitrogens with zero attached hydrogens (tertiary/aromatic N) is 2. The number of hydrogen-bond acceptors (Lipinski definition) is 3. The van der Waals surface area contributed by atoms with Crippen LogP contribution in [-0.2, 0) is 4.74 Å². The van der Waals surface area contributed by atoms with E-state index in [0.29, 0.717) is 31.9 Å². The molecule has 3 rings (SSSR count). The van der Waals surface area contributed by atoms with Crippen molar-refractivity contribution in [3.8, 4) is 11.3 Å². The summed E-state index contributed by atoms with van der Waals surface area (Å²) in [5, 5.41) is 0. The van der Waals surface area contributed by atoms with Crippen LogP contribution in [0.15, 0.2) is 42.5 Å². The molecule has 1 saturated heterocycles. The minimum Gasteiger partial charge on any atom is -0.378 e. The Morgan fingerprint density at radius 2 is 1.81 bits per heavy atom. The van der Waals surface area contributed by atoms with E-state index in [9.17, 15) is 4.79 Å². The lowest BCUT2D eigenvalue weighted by atomic mass is 10.1. The quantitative estimate of drug-likeness (QED) is 0.850. The number of carbonyl (C=O) groups excluding carboxylic acids is 1. The summed E-state index contributed by atoms with van der Waals surface area (Å²) in [5.74, 6) is 0.0444. The van der Waals surface area contributed by atoms with E-state index < -0.39 is 0 Å². The van der Waals surface area contributed by atoms with Crippen molar-refractivity contribution in [1.82, 2.24) is 9.88 Å². The highest BCUT2D eigenvalue weighted by Crippen LogP contribution is 2.19. The number of amides is 1. The summed E-state index contributed by atoms with van der Waals surface area (Å²) in [4.78, 5) is 18.9. The Hall–Kier alpha value is -2.20. The summed E-state index contributed by atoms with van der Waals surface area (Å²) in [6, 6.07) is 13.8. The van der Waals surface area contributed by atoms with Crippen LogP contribution in [0.25, 0.3) is 11.3 Å². The number of morpholine rings is 1. The minimum atomic E-state index is 0.0444. The fourth-order valence-electron chi connectivity index (χ4n) is 2.49. The SMILES string of the molecule is Cc1nc(-c2ccccc2)ccc1C(=O)N1CCOCC1. The first-order valence-electron chi connectivity index (χ1n) is 7.16. The maximum atomic E-state index is 12.5. The van der Waals surface area contributed by atoms with Gasteiger partial charge in [-0.25, -0.2) is 0 Å². The molecule has 0 saturated carbocycles. The monoisotopic (exact) mass is 282 g/mol. The third-order valence-electron chi connectivity index (χ3n) is 3.68. The molecule has 1 fully saturated rings. The highest BCUT2D eigenvalue weighted by atomic mass is 16.5. The highest BCUT2D eigenvalue weighted by molar-refractivity contribution is 5.95. The van der Waals surface area contributed by atoms with E-state index in [-0.39, 0.29) is 5.91 Å². The van der Waals surface area contributed by atoms with Crippen LogP contribution in [0, 0.1) is 6.92 Å². The van der Waals surface area contributed by atoms with Gasteiger partial charge in [-0.15, -0.1) is 0 Å². The molecule has 0 spiro atoms. The van der Waals surface area contributed by atoms with Crippen LogP contribution < -0.4 is 0 Å². The predicted octanol–water partition coefficient (Wildman–Crippen LogP) is 2.53. The van der Waals surface area contributed by atoms with Gasteiger partial charge < -0.3 is 9.64 Å². The second-order valence-electron chi connectivity index (χ2n) is 5.10. The van der Waals surface area contributed by atoms with Gasteiger partial charge in [0, 0.05) is 18.7 Å². The topological polar surface area (TPSA) is 42.4 Å². The van der Waals surface area contributed by atoms with Gasteiger partial charge in [0.1, 0.15) is 0 Å². The van der Waals surface area contributed by atoms with Gasteiger partial charge >= 0.3 is 0 Å². The third kappa shape index (κ3) is 2.95. The summed E-state index contributed by atoms with van der Waals surface area (Å²) in [7, 11) is 0. The normalized spacial score (nSPS) is 15.0. The van der Waals surface area contributed by atoms with Crippen molar-refractivity contribution in [1.29, 1.82) is 0 Å². The lowest BCUT2D eigenvalue weighted by molar-refractivity contribution is 0.0302. The molecule has 0 atom stereocenters. The molecule has 0 N–H and O–H groups in total. The summed E-state index contributed by atoms with van der Waals surface area (Å²) < 4.78 is 5.28. The van der Waals surface area contributed by atoms with E-state index >= 15 is 0 Å². The average molecular weight is 282 g/mol. The van der Waals surface area contributed by atoms with Crippen molar-refractivity contribution < 1.29 is 9.53 Å². The molecular weight excluding hydrogens is 264 g/mol. The molecule has 0 bridgehead atoms. The van der Waals surface area contributed by atoms with Gasteiger partial charge in [0.15, 0.2) is 0 Å².